The molecule has 0 radical (unpaired) electrons. The Bertz CT molecular complexity index is 679. The van der Waals surface area contributed by atoms with E-state index < -0.39 is 7.26 Å². The zero-order valence-electron chi connectivity index (χ0n) is 17.3. The van der Waals surface area contributed by atoms with Crippen LogP contribution in [0.1, 0.15) is 49.3 Å². The van der Waals surface area contributed by atoms with Gasteiger partial charge in [0.1, 0.15) is 0 Å². The molecule has 0 aliphatic carbocycles. The molecule has 0 aliphatic heterocycles. The predicted octanol–water partition coefficient (Wildman–Crippen LogP) is 7.92. The van der Waals surface area contributed by atoms with Crippen molar-refractivity contribution in [3.63, 3.8) is 0 Å². The van der Waals surface area contributed by atoms with E-state index in [-0.39, 0.29) is 0 Å². The van der Waals surface area contributed by atoms with E-state index in [1.807, 2.05) is 0 Å². The van der Waals surface area contributed by atoms with Crippen LogP contribution in [0.5, 0.6) is 0 Å². The molecule has 0 aliphatic rings. The number of benzene rings is 3. The third-order valence-electron chi connectivity index (χ3n) is 5.83. The number of rotatable bonds is 11. The monoisotopic (exact) mass is 390 g/mol. The Morgan fingerprint density at radius 1 is 0.500 bits per heavy atom. The van der Waals surface area contributed by atoms with Gasteiger partial charge in [0.25, 0.3) is 0 Å². The molecule has 0 fully saturated rings. The van der Waals surface area contributed by atoms with Gasteiger partial charge in [0.2, 0.25) is 0 Å². The van der Waals surface area contributed by atoms with Crippen molar-refractivity contribution in [2.75, 3.05) is 6.16 Å². The molecule has 0 nitrogen and oxygen atoms in total. The van der Waals surface area contributed by atoms with E-state index in [9.17, 15) is 0 Å². The van der Waals surface area contributed by atoms with Crippen molar-refractivity contribution in [3.05, 3.63) is 108 Å². The summed E-state index contributed by atoms with van der Waals surface area (Å²) >= 11 is 0. The zero-order valence-corrected chi connectivity index (χ0v) is 18.3. The minimum absolute atomic E-state index is 1.28. The van der Waals surface area contributed by atoms with Crippen molar-refractivity contribution in [1.82, 2.24) is 0 Å². The van der Waals surface area contributed by atoms with Crippen LogP contribution in [0.15, 0.2) is 91.0 Å². The normalized spacial score (nSPS) is 12.0. The summed E-state index contributed by atoms with van der Waals surface area (Å²) in [5, 5.41) is 0. The molecule has 0 unspecified atom stereocenters. The van der Waals surface area contributed by atoms with Crippen LogP contribution in [0.4, 0.5) is 0 Å². The Hall–Kier alpha value is -1.91. The van der Waals surface area contributed by atoms with Crippen molar-refractivity contribution in [2.24, 2.45) is 0 Å². The average Bonchev–Trinajstić information content (AvgIpc) is 2.73. The van der Waals surface area contributed by atoms with Crippen LogP contribution in [0.25, 0.3) is 0 Å². The topological polar surface area (TPSA) is 0 Å². The molecular formula is C27H35P. The summed E-state index contributed by atoms with van der Waals surface area (Å²) in [6.07, 6.45) is 10.7. The summed E-state index contributed by atoms with van der Waals surface area (Å²) in [7, 11) is -1.57. The maximum atomic E-state index is 2.34. The van der Waals surface area contributed by atoms with Gasteiger partial charge >= 0.3 is 172 Å². The van der Waals surface area contributed by atoms with Crippen LogP contribution in [0.2, 0.25) is 0 Å². The first-order chi connectivity index (χ1) is 13.8. The van der Waals surface area contributed by atoms with E-state index in [0.717, 1.165) is 0 Å². The summed E-state index contributed by atoms with van der Waals surface area (Å²) in [5.41, 5.74) is 4.57. The summed E-state index contributed by atoms with van der Waals surface area (Å²) in [6, 6.07) is 33.7. The van der Waals surface area contributed by atoms with E-state index in [1.54, 1.807) is 0 Å². The summed E-state index contributed by atoms with van der Waals surface area (Å²) < 4.78 is 0. The third kappa shape index (κ3) is 6.61. The van der Waals surface area contributed by atoms with Crippen molar-refractivity contribution in [2.45, 2.75) is 51.1 Å². The van der Waals surface area contributed by atoms with Gasteiger partial charge in [-0.2, -0.15) is 0 Å². The molecule has 0 saturated carbocycles. The van der Waals surface area contributed by atoms with Gasteiger partial charge in [0.05, 0.1) is 0 Å². The Balaban J connectivity index is 1.90. The van der Waals surface area contributed by atoms with Crippen LogP contribution >= 0.6 is 7.26 Å². The van der Waals surface area contributed by atoms with Gasteiger partial charge in [0.15, 0.2) is 0 Å². The van der Waals surface area contributed by atoms with E-state index in [4.69, 9.17) is 0 Å². The Morgan fingerprint density at radius 3 is 1.25 bits per heavy atom. The minimum atomic E-state index is -1.57. The van der Waals surface area contributed by atoms with Gasteiger partial charge in [0, 0.05) is 0 Å². The van der Waals surface area contributed by atoms with Gasteiger partial charge in [-0.1, -0.05) is 0 Å². The first-order valence-corrected chi connectivity index (χ1v) is 13.7. The van der Waals surface area contributed by atoms with E-state index >= 15 is 0 Å². The van der Waals surface area contributed by atoms with Gasteiger partial charge < -0.3 is 0 Å². The molecule has 0 aromatic heterocycles. The second-order valence-corrected chi connectivity index (χ2v) is 12.9. The van der Waals surface area contributed by atoms with Crippen molar-refractivity contribution >= 4 is 7.26 Å². The fourth-order valence-electron chi connectivity index (χ4n) is 4.47. The molecule has 3 aromatic carbocycles. The Labute approximate surface area is 172 Å². The standard InChI is InChI=1S/C27H35P/c1-2-3-4-14-21-28(22-25-15-8-5-9-16-25,23-26-17-10-6-11-18-26)24-27-19-12-7-13-20-27/h5-13,15-20,28H,2-4,14,21-24H2,1H3. The second-order valence-electron chi connectivity index (χ2n) is 8.30. The van der Waals surface area contributed by atoms with Gasteiger partial charge in [-0.15, -0.1) is 0 Å². The average molecular weight is 391 g/mol. The quantitative estimate of drug-likeness (QED) is 0.230. The van der Waals surface area contributed by atoms with Crippen LogP contribution in [-0.2, 0) is 18.5 Å². The predicted molar refractivity (Wildman–Crippen MR) is 128 cm³/mol. The van der Waals surface area contributed by atoms with E-state index in [0.29, 0.717) is 0 Å². The zero-order chi connectivity index (χ0) is 19.5. The van der Waals surface area contributed by atoms with Gasteiger partial charge in [-0.3, -0.25) is 0 Å². The molecule has 0 spiro atoms. The molecule has 0 heterocycles. The molecule has 148 valence electrons. The fraction of sp³-hybridized carbons (Fsp3) is 0.333. The Kier molecular flexibility index (Phi) is 8.31. The van der Waals surface area contributed by atoms with Crippen molar-refractivity contribution in [1.29, 1.82) is 0 Å². The molecule has 3 aromatic rings. The molecule has 0 N–H and O–H groups in total. The Morgan fingerprint density at radius 2 is 0.893 bits per heavy atom. The molecule has 0 saturated heterocycles. The summed E-state index contributed by atoms with van der Waals surface area (Å²) in [6.45, 7) is 2.31. The molecular weight excluding hydrogens is 355 g/mol. The van der Waals surface area contributed by atoms with Crippen LogP contribution in [0, 0.1) is 0 Å². The summed E-state index contributed by atoms with van der Waals surface area (Å²) in [4.78, 5) is 0. The van der Waals surface area contributed by atoms with E-state index in [1.165, 1.54) is 67.0 Å². The SMILES string of the molecule is CCCCCC[PH](Cc1ccccc1)(Cc1ccccc1)Cc1ccccc1. The van der Waals surface area contributed by atoms with Crippen LogP contribution in [0.3, 0.4) is 0 Å². The number of unbranched alkanes of at least 4 members (excludes halogenated alkanes) is 3. The molecule has 3 rings (SSSR count). The van der Waals surface area contributed by atoms with Gasteiger partial charge in [-0.05, 0) is 0 Å². The molecule has 0 amide bonds. The second kappa shape index (κ2) is 11.2. The first-order valence-electron chi connectivity index (χ1n) is 10.9. The van der Waals surface area contributed by atoms with Crippen molar-refractivity contribution in [3.8, 4) is 0 Å². The van der Waals surface area contributed by atoms with Crippen LogP contribution < -0.4 is 0 Å². The van der Waals surface area contributed by atoms with Crippen LogP contribution in [-0.4, -0.2) is 6.16 Å². The van der Waals surface area contributed by atoms with Crippen molar-refractivity contribution < 1.29 is 0 Å². The number of hydrogen-bond acceptors (Lipinski definition) is 0. The molecule has 1 heteroatoms. The van der Waals surface area contributed by atoms with Gasteiger partial charge in [-0.25, -0.2) is 0 Å². The third-order valence-corrected chi connectivity index (χ3v) is 10.7. The molecule has 0 bridgehead atoms. The maximum absolute atomic E-state index is 2.34. The first kappa shape index (κ1) is 20.8. The van der Waals surface area contributed by atoms with E-state index in [2.05, 4.69) is 97.9 Å². The number of hydrogen-bond donors (Lipinski definition) is 0. The summed E-state index contributed by atoms with van der Waals surface area (Å²) in [5.74, 6) is 0. The molecule has 0 atom stereocenters. The fourth-order valence-corrected chi connectivity index (χ4v) is 9.68. The molecule has 28 heavy (non-hydrogen) atoms.